The molecule has 2 rings (SSSR count). The number of nitrogens with zero attached hydrogens (tertiary/aromatic N) is 3. The van der Waals surface area contributed by atoms with E-state index in [4.69, 9.17) is 10.00 Å². The van der Waals surface area contributed by atoms with Crippen molar-refractivity contribution in [2.24, 2.45) is 0 Å². The number of aryl methyl sites for hydroxylation is 1. The number of aromatic nitrogens is 2. The Morgan fingerprint density at radius 1 is 1.38 bits per heavy atom. The number of nitrogens with one attached hydrogen (secondary N) is 1. The van der Waals surface area contributed by atoms with Gasteiger partial charge in [-0.2, -0.15) is 10.2 Å². The molecule has 0 fully saturated rings. The van der Waals surface area contributed by atoms with Gasteiger partial charge in [0.05, 0.1) is 17.2 Å². The van der Waals surface area contributed by atoms with Crippen molar-refractivity contribution in [3.05, 3.63) is 41.0 Å². The number of hydrogen-bond donors (Lipinski definition) is 1. The van der Waals surface area contributed by atoms with Gasteiger partial charge in [0, 0.05) is 13.5 Å². The number of anilines is 1. The summed E-state index contributed by atoms with van der Waals surface area (Å²) < 4.78 is 19.4. The molecule has 0 aliphatic carbocycles. The van der Waals surface area contributed by atoms with Crippen molar-refractivity contribution in [3.63, 3.8) is 0 Å². The van der Waals surface area contributed by atoms with Crippen LogP contribution in [0.4, 0.5) is 10.2 Å². The second-order valence-corrected chi connectivity index (χ2v) is 4.38. The Kier molecular flexibility index (Phi) is 4.33. The summed E-state index contributed by atoms with van der Waals surface area (Å²) in [5, 5.41) is 11.7. The van der Waals surface area contributed by atoms with E-state index in [1.807, 2.05) is 13.0 Å². The first-order valence-corrected chi connectivity index (χ1v) is 6.51. The minimum Gasteiger partial charge on any atom is -0.435 e. The summed E-state index contributed by atoms with van der Waals surface area (Å²) in [6.45, 7) is 3.72. The Hall–Kier alpha value is -2.68. The van der Waals surface area contributed by atoms with Crippen LogP contribution in [0.2, 0.25) is 0 Å². The predicted molar refractivity (Wildman–Crippen MR) is 76.9 cm³/mol. The van der Waals surface area contributed by atoms with Gasteiger partial charge in [-0.25, -0.2) is 9.37 Å². The van der Waals surface area contributed by atoms with Crippen molar-refractivity contribution in [3.8, 4) is 17.7 Å². The van der Waals surface area contributed by atoms with E-state index in [2.05, 4.69) is 15.3 Å². The summed E-state index contributed by atoms with van der Waals surface area (Å²) in [7, 11) is 1.75. The number of hydrogen-bond acceptors (Lipinski definition) is 5. The zero-order valence-electron chi connectivity index (χ0n) is 12.1. The van der Waals surface area contributed by atoms with E-state index in [0.717, 1.165) is 6.07 Å². The van der Waals surface area contributed by atoms with Crippen LogP contribution in [-0.4, -0.2) is 17.0 Å². The maximum atomic E-state index is 13.9. The molecular weight excluding hydrogens is 271 g/mol. The zero-order valence-corrected chi connectivity index (χ0v) is 12.1. The SMILES string of the molecule is CCc1nc(NC)c(C)c(Oc2ccc(C#N)cc2F)n1. The highest BCUT2D eigenvalue weighted by atomic mass is 19.1. The average molecular weight is 286 g/mol. The highest BCUT2D eigenvalue weighted by Crippen LogP contribution is 2.29. The van der Waals surface area contributed by atoms with Crippen LogP contribution in [0.1, 0.15) is 23.9 Å². The van der Waals surface area contributed by atoms with Crippen LogP contribution in [-0.2, 0) is 6.42 Å². The first-order chi connectivity index (χ1) is 10.1. The monoisotopic (exact) mass is 286 g/mol. The Balaban J connectivity index is 2.42. The summed E-state index contributed by atoms with van der Waals surface area (Å²) in [4.78, 5) is 8.60. The lowest BCUT2D eigenvalue weighted by molar-refractivity contribution is 0.421. The standard InChI is InChI=1S/C15H15FN4O/c1-4-13-19-14(18-3)9(2)15(20-13)21-12-6-5-10(8-17)7-11(12)16/h5-7H,4H2,1-3H3,(H,18,19,20). The van der Waals surface area contributed by atoms with Crippen LogP contribution in [0.3, 0.4) is 0 Å². The molecule has 0 atom stereocenters. The topological polar surface area (TPSA) is 70.8 Å². The van der Waals surface area contributed by atoms with E-state index in [1.165, 1.54) is 12.1 Å². The van der Waals surface area contributed by atoms with Crippen LogP contribution in [0, 0.1) is 24.1 Å². The van der Waals surface area contributed by atoms with Crippen molar-refractivity contribution in [2.45, 2.75) is 20.3 Å². The van der Waals surface area contributed by atoms with Gasteiger partial charge in [-0.3, -0.25) is 0 Å². The number of nitriles is 1. The quantitative estimate of drug-likeness (QED) is 0.934. The van der Waals surface area contributed by atoms with Gasteiger partial charge in [-0.1, -0.05) is 6.92 Å². The molecule has 1 N–H and O–H groups in total. The van der Waals surface area contributed by atoms with Crippen LogP contribution >= 0.6 is 0 Å². The second kappa shape index (κ2) is 6.18. The van der Waals surface area contributed by atoms with Crippen molar-refractivity contribution in [1.29, 1.82) is 5.26 Å². The summed E-state index contributed by atoms with van der Waals surface area (Å²) in [6, 6.07) is 5.92. The molecule has 108 valence electrons. The average Bonchev–Trinajstić information content (AvgIpc) is 2.50. The molecule has 2 aromatic rings. The molecule has 5 nitrogen and oxygen atoms in total. The molecule has 0 saturated carbocycles. The third kappa shape index (κ3) is 3.08. The summed E-state index contributed by atoms with van der Waals surface area (Å²) >= 11 is 0. The molecule has 0 radical (unpaired) electrons. The Morgan fingerprint density at radius 2 is 2.14 bits per heavy atom. The maximum Gasteiger partial charge on any atom is 0.227 e. The third-order valence-electron chi connectivity index (χ3n) is 2.97. The van der Waals surface area contributed by atoms with E-state index in [0.29, 0.717) is 29.5 Å². The van der Waals surface area contributed by atoms with Gasteiger partial charge in [0.25, 0.3) is 0 Å². The van der Waals surface area contributed by atoms with Gasteiger partial charge in [-0.15, -0.1) is 0 Å². The minimum absolute atomic E-state index is 0.0277. The molecule has 1 heterocycles. The minimum atomic E-state index is -0.601. The van der Waals surface area contributed by atoms with Gasteiger partial charge in [-0.05, 0) is 25.1 Å². The van der Waals surface area contributed by atoms with E-state index in [-0.39, 0.29) is 11.3 Å². The number of benzene rings is 1. The molecule has 0 bridgehead atoms. The van der Waals surface area contributed by atoms with Gasteiger partial charge < -0.3 is 10.1 Å². The largest absolute Gasteiger partial charge is 0.435 e. The molecule has 0 unspecified atom stereocenters. The van der Waals surface area contributed by atoms with Crippen molar-refractivity contribution in [2.75, 3.05) is 12.4 Å². The molecule has 6 heteroatoms. The van der Waals surface area contributed by atoms with Crippen molar-refractivity contribution in [1.82, 2.24) is 9.97 Å². The summed E-state index contributed by atoms with van der Waals surface area (Å²) in [5.74, 6) is 0.978. The molecule has 0 saturated heterocycles. The zero-order chi connectivity index (χ0) is 15.4. The van der Waals surface area contributed by atoms with Gasteiger partial charge >= 0.3 is 0 Å². The third-order valence-corrected chi connectivity index (χ3v) is 2.97. The van der Waals surface area contributed by atoms with Crippen LogP contribution < -0.4 is 10.1 Å². The lowest BCUT2D eigenvalue weighted by Gasteiger charge is -2.12. The van der Waals surface area contributed by atoms with E-state index in [1.54, 1.807) is 14.0 Å². The molecule has 0 amide bonds. The summed E-state index contributed by atoms with van der Waals surface area (Å²) in [5.41, 5.74) is 0.933. The molecule has 1 aromatic heterocycles. The van der Waals surface area contributed by atoms with Gasteiger partial charge in [0.15, 0.2) is 11.6 Å². The van der Waals surface area contributed by atoms with Gasteiger partial charge in [0.2, 0.25) is 5.88 Å². The van der Waals surface area contributed by atoms with E-state index in [9.17, 15) is 4.39 Å². The normalized spacial score (nSPS) is 10.0. The Labute approximate surface area is 122 Å². The number of ether oxygens (including phenoxy) is 1. The van der Waals surface area contributed by atoms with Crippen LogP contribution in [0.5, 0.6) is 11.6 Å². The molecule has 0 aliphatic rings. The van der Waals surface area contributed by atoms with Crippen LogP contribution in [0.25, 0.3) is 0 Å². The van der Waals surface area contributed by atoms with Gasteiger partial charge in [0.1, 0.15) is 11.6 Å². The molecule has 0 spiro atoms. The second-order valence-electron chi connectivity index (χ2n) is 4.38. The molecular formula is C15H15FN4O. The van der Waals surface area contributed by atoms with Crippen molar-refractivity contribution < 1.29 is 9.13 Å². The molecule has 1 aromatic carbocycles. The molecule has 0 aliphatic heterocycles. The fraction of sp³-hybridized carbons (Fsp3) is 0.267. The van der Waals surface area contributed by atoms with Crippen molar-refractivity contribution >= 4 is 5.82 Å². The number of rotatable bonds is 4. The molecule has 21 heavy (non-hydrogen) atoms. The first-order valence-electron chi connectivity index (χ1n) is 6.51. The fourth-order valence-corrected chi connectivity index (χ4v) is 1.80. The summed E-state index contributed by atoms with van der Waals surface area (Å²) in [6.07, 6.45) is 0.640. The van der Waals surface area contributed by atoms with E-state index < -0.39 is 5.82 Å². The highest BCUT2D eigenvalue weighted by Gasteiger charge is 2.13. The van der Waals surface area contributed by atoms with Crippen LogP contribution in [0.15, 0.2) is 18.2 Å². The lowest BCUT2D eigenvalue weighted by atomic mass is 10.2. The first kappa shape index (κ1) is 14.7. The highest BCUT2D eigenvalue weighted by molar-refractivity contribution is 5.49. The number of halogens is 1. The Bertz CT molecular complexity index is 710. The smallest absolute Gasteiger partial charge is 0.227 e. The van der Waals surface area contributed by atoms with E-state index >= 15 is 0 Å². The maximum absolute atomic E-state index is 13.9. The Morgan fingerprint density at radius 3 is 2.71 bits per heavy atom. The predicted octanol–water partition coefficient (Wildman–Crippen LogP) is 3.19. The fourth-order valence-electron chi connectivity index (χ4n) is 1.80. The lowest BCUT2D eigenvalue weighted by Crippen LogP contribution is -2.05.